The maximum absolute atomic E-state index is 11.0. The lowest BCUT2D eigenvalue weighted by molar-refractivity contribution is -0.139. The van der Waals surface area contributed by atoms with Gasteiger partial charge in [0.05, 0.1) is 5.92 Å². The van der Waals surface area contributed by atoms with Crippen LogP contribution in [-0.2, 0) is 4.79 Å². The van der Waals surface area contributed by atoms with E-state index in [-0.39, 0.29) is 5.92 Å². The second kappa shape index (κ2) is 3.25. The van der Waals surface area contributed by atoms with Gasteiger partial charge in [-0.25, -0.2) is 0 Å². The molecule has 0 amide bonds. The Labute approximate surface area is 85.7 Å². The Bertz CT molecular complexity index is 247. The van der Waals surface area contributed by atoms with Crippen LogP contribution in [0, 0.1) is 35.5 Å². The zero-order valence-electron chi connectivity index (χ0n) is 9.23. The molecule has 2 saturated carbocycles. The maximum atomic E-state index is 11.0. The monoisotopic (exact) mass is 196 g/mol. The third-order valence-corrected chi connectivity index (χ3v) is 4.38. The van der Waals surface area contributed by atoms with Gasteiger partial charge in [-0.2, -0.15) is 0 Å². The normalized spacial score (nSPS) is 46.1. The smallest absolute Gasteiger partial charge is 0.307 e. The topological polar surface area (TPSA) is 37.3 Å². The standard InChI is InChI=1S/C12H20O2/c1-6(2)8-5-4-7(3)9-10(8)11(9)12(13)14/h6-11H,4-5H2,1-3H3,(H,13,14)/t7-,8+,9+,10-,11-/m1/s1. The number of rotatable bonds is 2. The van der Waals surface area contributed by atoms with Gasteiger partial charge in [-0.05, 0) is 36.0 Å². The van der Waals surface area contributed by atoms with E-state index in [1.54, 1.807) is 0 Å². The molecule has 0 aromatic rings. The van der Waals surface area contributed by atoms with Crippen LogP contribution < -0.4 is 0 Å². The van der Waals surface area contributed by atoms with Crippen molar-refractivity contribution < 1.29 is 9.90 Å². The van der Waals surface area contributed by atoms with Crippen LogP contribution in [-0.4, -0.2) is 11.1 Å². The van der Waals surface area contributed by atoms with E-state index in [1.807, 2.05) is 0 Å². The van der Waals surface area contributed by atoms with Crippen molar-refractivity contribution in [3.8, 4) is 0 Å². The molecule has 0 aromatic carbocycles. The second-order valence-electron chi connectivity index (χ2n) is 5.48. The van der Waals surface area contributed by atoms with Crippen molar-refractivity contribution in [3.63, 3.8) is 0 Å². The first-order valence-electron chi connectivity index (χ1n) is 5.76. The molecule has 2 rings (SSSR count). The van der Waals surface area contributed by atoms with Crippen molar-refractivity contribution in [2.45, 2.75) is 33.6 Å². The van der Waals surface area contributed by atoms with Gasteiger partial charge in [0, 0.05) is 0 Å². The molecule has 14 heavy (non-hydrogen) atoms. The predicted octanol–water partition coefficient (Wildman–Crippen LogP) is 2.64. The van der Waals surface area contributed by atoms with Gasteiger partial charge >= 0.3 is 5.97 Å². The van der Waals surface area contributed by atoms with Gasteiger partial charge in [-0.3, -0.25) is 4.79 Å². The number of hydrogen-bond donors (Lipinski definition) is 1. The summed E-state index contributed by atoms with van der Waals surface area (Å²) in [6.07, 6.45) is 2.47. The van der Waals surface area contributed by atoms with Crippen LogP contribution in [0.4, 0.5) is 0 Å². The van der Waals surface area contributed by atoms with Gasteiger partial charge in [0.2, 0.25) is 0 Å². The quantitative estimate of drug-likeness (QED) is 0.737. The van der Waals surface area contributed by atoms with Crippen LogP contribution in [0.5, 0.6) is 0 Å². The summed E-state index contributed by atoms with van der Waals surface area (Å²) in [5, 5.41) is 9.10. The van der Waals surface area contributed by atoms with Gasteiger partial charge in [0.15, 0.2) is 0 Å². The summed E-state index contributed by atoms with van der Waals surface area (Å²) in [6, 6.07) is 0. The Balaban J connectivity index is 2.11. The fourth-order valence-electron chi connectivity index (χ4n) is 3.59. The number of hydrogen-bond acceptors (Lipinski definition) is 1. The van der Waals surface area contributed by atoms with Crippen LogP contribution in [0.15, 0.2) is 0 Å². The molecule has 0 radical (unpaired) electrons. The van der Waals surface area contributed by atoms with Crippen molar-refractivity contribution >= 4 is 5.97 Å². The highest BCUT2D eigenvalue weighted by atomic mass is 16.4. The predicted molar refractivity (Wildman–Crippen MR) is 54.8 cm³/mol. The molecule has 0 spiro atoms. The fourth-order valence-corrected chi connectivity index (χ4v) is 3.59. The number of carboxylic acid groups (broad SMARTS) is 1. The minimum absolute atomic E-state index is 0.0140. The van der Waals surface area contributed by atoms with Gasteiger partial charge in [0.1, 0.15) is 0 Å². The number of carbonyl (C=O) groups is 1. The Morgan fingerprint density at radius 2 is 1.93 bits per heavy atom. The first kappa shape index (κ1) is 10.0. The lowest BCUT2D eigenvalue weighted by atomic mass is 9.77. The van der Waals surface area contributed by atoms with Crippen molar-refractivity contribution in [1.82, 2.24) is 0 Å². The molecule has 0 aliphatic heterocycles. The molecule has 2 fully saturated rings. The van der Waals surface area contributed by atoms with E-state index < -0.39 is 5.97 Å². The van der Waals surface area contributed by atoms with Gasteiger partial charge in [-0.1, -0.05) is 27.2 Å². The first-order chi connectivity index (χ1) is 6.54. The highest BCUT2D eigenvalue weighted by molar-refractivity contribution is 5.74. The molecular weight excluding hydrogens is 176 g/mol. The summed E-state index contributed by atoms with van der Waals surface area (Å²) in [5.74, 6) is 2.37. The lowest BCUT2D eigenvalue weighted by Crippen LogP contribution is -2.20. The molecule has 0 bridgehead atoms. The molecule has 2 heteroatoms. The number of aliphatic carboxylic acids is 1. The van der Waals surface area contributed by atoms with E-state index >= 15 is 0 Å². The molecule has 1 N–H and O–H groups in total. The summed E-state index contributed by atoms with van der Waals surface area (Å²) < 4.78 is 0. The highest BCUT2D eigenvalue weighted by Gasteiger charge is 2.62. The zero-order chi connectivity index (χ0) is 10.5. The molecule has 0 heterocycles. The first-order valence-corrected chi connectivity index (χ1v) is 5.76. The summed E-state index contributed by atoms with van der Waals surface area (Å²) in [7, 11) is 0. The van der Waals surface area contributed by atoms with E-state index in [0.29, 0.717) is 29.6 Å². The molecule has 5 atom stereocenters. The zero-order valence-corrected chi connectivity index (χ0v) is 9.23. The van der Waals surface area contributed by atoms with Crippen molar-refractivity contribution in [2.75, 3.05) is 0 Å². The minimum atomic E-state index is -0.556. The minimum Gasteiger partial charge on any atom is -0.481 e. The average molecular weight is 196 g/mol. The largest absolute Gasteiger partial charge is 0.481 e. The van der Waals surface area contributed by atoms with E-state index in [9.17, 15) is 4.79 Å². The van der Waals surface area contributed by atoms with Crippen LogP contribution in [0.1, 0.15) is 33.6 Å². The molecule has 0 unspecified atom stereocenters. The van der Waals surface area contributed by atoms with Crippen LogP contribution >= 0.6 is 0 Å². The van der Waals surface area contributed by atoms with Gasteiger partial charge < -0.3 is 5.11 Å². The van der Waals surface area contributed by atoms with E-state index in [2.05, 4.69) is 20.8 Å². The molecule has 2 aliphatic carbocycles. The Kier molecular flexibility index (Phi) is 2.32. The Morgan fingerprint density at radius 1 is 1.29 bits per heavy atom. The van der Waals surface area contributed by atoms with E-state index in [4.69, 9.17) is 5.11 Å². The van der Waals surface area contributed by atoms with Crippen molar-refractivity contribution in [2.24, 2.45) is 35.5 Å². The summed E-state index contributed by atoms with van der Waals surface area (Å²) in [4.78, 5) is 11.0. The summed E-state index contributed by atoms with van der Waals surface area (Å²) in [5.41, 5.74) is 0. The summed E-state index contributed by atoms with van der Waals surface area (Å²) in [6.45, 7) is 6.68. The Hall–Kier alpha value is -0.530. The lowest BCUT2D eigenvalue weighted by Gasteiger charge is -2.28. The van der Waals surface area contributed by atoms with Crippen LogP contribution in [0.25, 0.3) is 0 Å². The van der Waals surface area contributed by atoms with Crippen LogP contribution in [0.2, 0.25) is 0 Å². The van der Waals surface area contributed by atoms with Crippen LogP contribution in [0.3, 0.4) is 0 Å². The highest BCUT2D eigenvalue weighted by Crippen LogP contribution is 2.62. The van der Waals surface area contributed by atoms with Gasteiger partial charge in [0.25, 0.3) is 0 Å². The molecule has 2 nitrogen and oxygen atoms in total. The van der Waals surface area contributed by atoms with E-state index in [0.717, 1.165) is 0 Å². The average Bonchev–Trinajstić information content (AvgIpc) is 2.79. The SMILES string of the molecule is CC(C)[C@@H]1CC[C@@H](C)[C@@H]2[C@@H](C(=O)O)[C@@H]21. The number of fused-ring (bicyclic) bond motifs is 1. The molecule has 80 valence electrons. The maximum Gasteiger partial charge on any atom is 0.307 e. The van der Waals surface area contributed by atoms with E-state index in [1.165, 1.54) is 12.8 Å². The molecule has 0 aromatic heterocycles. The van der Waals surface area contributed by atoms with Gasteiger partial charge in [-0.15, -0.1) is 0 Å². The molecular formula is C12H20O2. The molecule has 0 saturated heterocycles. The van der Waals surface area contributed by atoms with Crippen molar-refractivity contribution in [3.05, 3.63) is 0 Å². The fraction of sp³-hybridized carbons (Fsp3) is 0.917. The van der Waals surface area contributed by atoms with Crippen molar-refractivity contribution in [1.29, 1.82) is 0 Å². The summed E-state index contributed by atoms with van der Waals surface area (Å²) >= 11 is 0. The second-order valence-corrected chi connectivity index (χ2v) is 5.48. The number of carboxylic acids is 1. The third-order valence-electron chi connectivity index (χ3n) is 4.38. The Morgan fingerprint density at radius 3 is 2.43 bits per heavy atom. The third kappa shape index (κ3) is 1.35. The molecule has 2 aliphatic rings.